The Morgan fingerprint density at radius 3 is 1.77 bits per heavy atom. The predicted octanol–water partition coefficient (Wildman–Crippen LogP) is 3.58. The molecular formula is C20H23O5S+. The number of ether oxygens (including phenoxy) is 3. The second-order valence-electron chi connectivity index (χ2n) is 5.44. The minimum atomic E-state index is -0.246. The van der Waals surface area contributed by atoms with E-state index in [0.717, 1.165) is 16.4 Å². The Morgan fingerprint density at radius 1 is 0.769 bits per heavy atom. The molecule has 0 atom stereocenters. The smallest absolute Gasteiger partial charge is 0.310 e. The lowest BCUT2D eigenvalue weighted by Crippen LogP contribution is -2.19. The first kappa shape index (κ1) is 19.8. The minimum absolute atomic E-state index is 0.244. The molecule has 5 nitrogen and oxygen atoms in total. The van der Waals surface area contributed by atoms with Gasteiger partial charge in [0.2, 0.25) is 0 Å². The van der Waals surface area contributed by atoms with Gasteiger partial charge in [0.25, 0.3) is 0 Å². The van der Waals surface area contributed by atoms with Crippen molar-refractivity contribution in [2.24, 2.45) is 0 Å². The topological polar surface area (TPSA) is 61.8 Å². The van der Waals surface area contributed by atoms with Crippen molar-refractivity contribution < 1.29 is 23.8 Å². The SMILES string of the molecule is COC(=O)CC[S+](CCC(=O)OC)c1ccc(Oc2ccccc2)cc1. The highest BCUT2D eigenvalue weighted by Crippen LogP contribution is 2.24. The van der Waals surface area contributed by atoms with E-state index < -0.39 is 0 Å². The van der Waals surface area contributed by atoms with Gasteiger partial charge in [0.1, 0.15) is 23.0 Å². The molecule has 0 aliphatic rings. The molecule has 0 N–H and O–H groups in total. The summed E-state index contributed by atoms with van der Waals surface area (Å²) in [5, 5.41) is 0. The van der Waals surface area contributed by atoms with Crippen LogP contribution in [0.25, 0.3) is 0 Å². The molecule has 0 bridgehead atoms. The number of carbonyl (C=O) groups is 2. The molecule has 0 aliphatic heterocycles. The maximum atomic E-state index is 11.5. The van der Waals surface area contributed by atoms with Gasteiger partial charge in [-0.15, -0.1) is 0 Å². The summed E-state index contributed by atoms with van der Waals surface area (Å²) in [6.45, 7) is 0. The lowest BCUT2D eigenvalue weighted by atomic mass is 10.3. The molecule has 0 unspecified atom stereocenters. The molecule has 0 radical (unpaired) electrons. The van der Waals surface area contributed by atoms with Crippen LogP contribution in [-0.2, 0) is 30.0 Å². The molecule has 2 aromatic carbocycles. The van der Waals surface area contributed by atoms with Crippen LogP contribution in [0.3, 0.4) is 0 Å². The zero-order valence-electron chi connectivity index (χ0n) is 15.0. The molecule has 0 amide bonds. The maximum Gasteiger partial charge on any atom is 0.310 e. The van der Waals surface area contributed by atoms with E-state index in [9.17, 15) is 9.59 Å². The van der Waals surface area contributed by atoms with Crippen molar-refractivity contribution in [2.45, 2.75) is 17.7 Å². The highest BCUT2D eigenvalue weighted by atomic mass is 32.2. The second kappa shape index (κ2) is 10.5. The quantitative estimate of drug-likeness (QED) is 0.495. The highest BCUT2D eigenvalue weighted by Gasteiger charge is 2.25. The number of para-hydroxylation sites is 1. The number of hydrogen-bond acceptors (Lipinski definition) is 5. The van der Waals surface area contributed by atoms with Gasteiger partial charge in [-0.2, -0.15) is 0 Å². The van der Waals surface area contributed by atoms with Crippen molar-refractivity contribution in [2.75, 3.05) is 25.7 Å². The summed E-state index contributed by atoms with van der Waals surface area (Å²) in [7, 11) is 2.51. The average molecular weight is 375 g/mol. The van der Waals surface area contributed by atoms with E-state index in [0.29, 0.717) is 24.3 Å². The molecule has 2 rings (SSSR count). The van der Waals surface area contributed by atoms with E-state index >= 15 is 0 Å². The van der Waals surface area contributed by atoms with E-state index in [1.165, 1.54) is 14.2 Å². The van der Waals surface area contributed by atoms with Gasteiger partial charge in [0.05, 0.1) is 27.1 Å². The summed E-state index contributed by atoms with van der Waals surface area (Å²) in [5.74, 6) is 2.31. The van der Waals surface area contributed by atoms with Gasteiger partial charge in [0.15, 0.2) is 4.90 Å². The molecular weight excluding hydrogens is 352 g/mol. The van der Waals surface area contributed by atoms with Crippen LogP contribution in [-0.4, -0.2) is 37.7 Å². The van der Waals surface area contributed by atoms with Crippen molar-refractivity contribution in [3.63, 3.8) is 0 Å². The number of esters is 2. The summed E-state index contributed by atoms with van der Waals surface area (Å²) >= 11 is 0. The van der Waals surface area contributed by atoms with E-state index in [-0.39, 0.29) is 22.8 Å². The third kappa shape index (κ3) is 6.44. The zero-order valence-corrected chi connectivity index (χ0v) is 15.8. The fourth-order valence-corrected chi connectivity index (χ4v) is 4.30. The molecule has 0 heterocycles. The molecule has 0 spiro atoms. The first-order chi connectivity index (χ1) is 12.6. The largest absolute Gasteiger partial charge is 0.469 e. The van der Waals surface area contributed by atoms with Crippen molar-refractivity contribution >= 4 is 22.8 Å². The molecule has 0 saturated heterocycles. The Morgan fingerprint density at radius 2 is 1.27 bits per heavy atom. The summed E-state index contributed by atoms with van der Waals surface area (Å²) in [4.78, 5) is 24.0. The van der Waals surface area contributed by atoms with Gasteiger partial charge >= 0.3 is 11.9 Å². The molecule has 0 saturated carbocycles. The molecule has 138 valence electrons. The van der Waals surface area contributed by atoms with Crippen LogP contribution >= 0.6 is 0 Å². The van der Waals surface area contributed by atoms with Crippen LogP contribution in [0.15, 0.2) is 59.5 Å². The molecule has 0 aromatic heterocycles. The predicted molar refractivity (Wildman–Crippen MR) is 102 cm³/mol. The zero-order chi connectivity index (χ0) is 18.8. The summed E-state index contributed by atoms with van der Waals surface area (Å²) in [6.07, 6.45) is 0.645. The van der Waals surface area contributed by atoms with Crippen LogP contribution in [0.5, 0.6) is 11.5 Å². The number of methoxy groups -OCH3 is 2. The van der Waals surface area contributed by atoms with Gasteiger partial charge in [0, 0.05) is 10.9 Å². The first-order valence-corrected chi connectivity index (χ1v) is 9.82. The van der Waals surface area contributed by atoms with Crippen LogP contribution in [0, 0.1) is 0 Å². The van der Waals surface area contributed by atoms with Crippen LogP contribution in [0.2, 0.25) is 0 Å². The van der Waals surface area contributed by atoms with Gasteiger partial charge < -0.3 is 14.2 Å². The van der Waals surface area contributed by atoms with E-state index in [1.807, 2.05) is 54.6 Å². The third-order valence-electron chi connectivity index (χ3n) is 3.70. The van der Waals surface area contributed by atoms with Crippen molar-refractivity contribution in [1.29, 1.82) is 0 Å². The van der Waals surface area contributed by atoms with Crippen LogP contribution < -0.4 is 4.74 Å². The lowest BCUT2D eigenvalue weighted by molar-refractivity contribution is -0.140. The fraction of sp³-hybridized carbons (Fsp3) is 0.300. The van der Waals surface area contributed by atoms with Gasteiger partial charge in [-0.25, -0.2) is 0 Å². The lowest BCUT2D eigenvalue weighted by Gasteiger charge is -2.09. The number of hydrogen-bond donors (Lipinski definition) is 0. The van der Waals surface area contributed by atoms with E-state index in [1.54, 1.807) is 0 Å². The monoisotopic (exact) mass is 375 g/mol. The normalized spacial score (nSPS) is 10.4. The van der Waals surface area contributed by atoms with Gasteiger partial charge in [-0.1, -0.05) is 18.2 Å². The maximum absolute atomic E-state index is 11.5. The third-order valence-corrected chi connectivity index (χ3v) is 6.03. The molecule has 2 aromatic rings. The highest BCUT2D eigenvalue weighted by molar-refractivity contribution is 7.96. The Balaban J connectivity index is 2.04. The summed E-state index contributed by atoms with van der Waals surface area (Å²) < 4.78 is 15.2. The summed E-state index contributed by atoms with van der Waals surface area (Å²) in [6, 6.07) is 17.3. The number of carbonyl (C=O) groups excluding carboxylic acids is 2. The van der Waals surface area contributed by atoms with Crippen molar-refractivity contribution in [1.82, 2.24) is 0 Å². The van der Waals surface area contributed by atoms with Crippen LogP contribution in [0.4, 0.5) is 0 Å². The second-order valence-corrected chi connectivity index (χ2v) is 7.71. The average Bonchev–Trinajstić information content (AvgIpc) is 2.69. The van der Waals surface area contributed by atoms with E-state index in [2.05, 4.69) is 0 Å². The molecule has 6 heteroatoms. The Kier molecular flexibility index (Phi) is 8.02. The Hall–Kier alpha value is -2.47. The first-order valence-electron chi connectivity index (χ1n) is 8.26. The van der Waals surface area contributed by atoms with Gasteiger partial charge in [-0.05, 0) is 36.4 Å². The van der Waals surface area contributed by atoms with Gasteiger partial charge in [-0.3, -0.25) is 9.59 Å². The Bertz CT molecular complexity index is 680. The number of benzene rings is 2. The van der Waals surface area contributed by atoms with Crippen molar-refractivity contribution in [3.05, 3.63) is 54.6 Å². The number of rotatable bonds is 9. The fourth-order valence-electron chi connectivity index (χ4n) is 2.28. The minimum Gasteiger partial charge on any atom is -0.469 e. The Labute approximate surface area is 156 Å². The van der Waals surface area contributed by atoms with E-state index in [4.69, 9.17) is 14.2 Å². The summed E-state index contributed by atoms with van der Waals surface area (Å²) in [5.41, 5.74) is 0. The molecule has 0 aliphatic carbocycles. The molecule has 0 fully saturated rings. The van der Waals surface area contributed by atoms with Crippen molar-refractivity contribution in [3.8, 4) is 11.5 Å². The molecule has 26 heavy (non-hydrogen) atoms. The van der Waals surface area contributed by atoms with Crippen LogP contribution in [0.1, 0.15) is 12.8 Å². The standard InChI is InChI=1S/C20H23O5S/c1-23-19(21)12-14-26(15-13-20(22)24-2)18-10-8-17(9-11-18)25-16-6-4-3-5-7-16/h3-11H,12-15H2,1-2H3/q+1.